The molecule has 1 unspecified atom stereocenters. The van der Waals surface area contributed by atoms with E-state index in [1.165, 1.54) is 4.90 Å². The van der Waals surface area contributed by atoms with Gasteiger partial charge >= 0.3 is 0 Å². The van der Waals surface area contributed by atoms with E-state index >= 15 is 0 Å². The number of rotatable bonds is 3. The summed E-state index contributed by atoms with van der Waals surface area (Å²) in [6.45, 7) is 3.79. The summed E-state index contributed by atoms with van der Waals surface area (Å²) in [4.78, 5) is 24.4. The van der Waals surface area contributed by atoms with Crippen LogP contribution in [-0.4, -0.2) is 54.6 Å². The van der Waals surface area contributed by atoms with Crippen LogP contribution in [0.5, 0.6) is 0 Å². The number of ether oxygens (including phenoxy) is 1. The SMILES string of the molecule is Cc1cc(N2CCCOCC2c2ccc(C(=O)N(C)C)cc2Cl)nc(N)n1. The van der Waals surface area contributed by atoms with Crippen LogP contribution in [0, 0.1) is 6.92 Å². The molecule has 0 radical (unpaired) electrons. The zero-order valence-electron chi connectivity index (χ0n) is 15.8. The average molecular weight is 390 g/mol. The van der Waals surface area contributed by atoms with E-state index in [0.29, 0.717) is 23.8 Å². The van der Waals surface area contributed by atoms with E-state index in [-0.39, 0.29) is 17.9 Å². The molecule has 2 N–H and O–H groups in total. The Balaban J connectivity index is 1.99. The van der Waals surface area contributed by atoms with Gasteiger partial charge in [0.05, 0.1) is 12.6 Å². The van der Waals surface area contributed by atoms with Gasteiger partial charge in [-0.25, -0.2) is 4.98 Å². The van der Waals surface area contributed by atoms with Crippen LogP contribution in [0.4, 0.5) is 11.8 Å². The molecule has 144 valence electrons. The van der Waals surface area contributed by atoms with Crippen molar-refractivity contribution in [3.63, 3.8) is 0 Å². The van der Waals surface area contributed by atoms with E-state index in [1.807, 2.05) is 19.1 Å². The normalized spacial score (nSPS) is 17.5. The van der Waals surface area contributed by atoms with Crippen molar-refractivity contribution in [3.8, 4) is 0 Å². The van der Waals surface area contributed by atoms with Crippen molar-refractivity contribution < 1.29 is 9.53 Å². The highest BCUT2D eigenvalue weighted by atomic mass is 35.5. The van der Waals surface area contributed by atoms with Crippen LogP contribution in [0.2, 0.25) is 5.02 Å². The molecule has 1 amide bonds. The zero-order valence-corrected chi connectivity index (χ0v) is 16.5. The Labute approximate surface area is 164 Å². The second-order valence-electron chi connectivity index (χ2n) is 6.80. The first-order valence-electron chi connectivity index (χ1n) is 8.83. The molecule has 0 aliphatic carbocycles. The summed E-state index contributed by atoms with van der Waals surface area (Å²) in [7, 11) is 3.43. The predicted octanol–water partition coefficient (Wildman–Crippen LogP) is 2.69. The maximum atomic E-state index is 12.2. The van der Waals surface area contributed by atoms with Crippen molar-refractivity contribution in [2.24, 2.45) is 0 Å². The van der Waals surface area contributed by atoms with Gasteiger partial charge in [0.15, 0.2) is 0 Å². The Hall–Kier alpha value is -2.38. The van der Waals surface area contributed by atoms with Crippen LogP contribution in [0.15, 0.2) is 24.3 Å². The Kier molecular flexibility index (Phi) is 5.82. The van der Waals surface area contributed by atoms with Crippen molar-refractivity contribution in [2.45, 2.75) is 19.4 Å². The number of halogens is 1. The van der Waals surface area contributed by atoms with Crippen LogP contribution in [-0.2, 0) is 4.74 Å². The van der Waals surface area contributed by atoms with Gasteiger partial charge in [-0.3, -0.25) is 4.79 Å². The molecule has 1 atom stereocenters. The molecule has 1 saturated heterocycles. The molecule has 0 bridgehead atoms. The van der Waals surface area contributed by atoms with Crippen LogP contribution in [0.3, 0.4) is 0 Å². The quantitative estimate of drug-likeness (QED) is 0.868. The summed E-state index contributed by atoms with van der Waals surface area (Å²) < 4.78 is 5.79. The molecule has 2 aromatic rings. The summed E-state index contributed by atoms with van der Waals surface area (Å²) in [6.07, 6.45) is 0.869. The monoisotopic (exact) mass is 389 g/mol. The molecule has 2 heterocycles. The topological polar surface area (TPSA) is 84.6 Å². The van der Waals surface area contributed by atoms with E-state index in [2.05, 4.69) is 14.9 Å². The molecule has 3 rings (SSSR count). The first kappa shape index (κ1) is 19.4. The minimum atomic E-state index is -0.128. The maximum absolute atomic E-state index is 12.2. The molecular formula is C19H24ClN5O2. The minimum absolute atomic E-state index is 0.0865. The first-order chi connectivity index (χ1) is 12.9. The molecule has 8 heteroatoms. The smallest absolute Gasteiger partial charge is 0.253 e. The number of benzene rings is 1. The van der Waals surface area contributed by atoms with E-state index < -0.39 is 0 Å². The van der Waals surface area contributed by atoms with Crippen molar-refractivity contribution >= 4 is 29.3 Å². The fourth-order valence-electron chi connectivity index (χ4n) is 3.22. The maximum Gasteiger partial charge on any atom is 0.253 e. The highest BCUT2D eigenvalue weighted by Crippen LogP contribution is 2.33. The highest BCUT2D eigenvalue weighted by molar-refractivity contribution is 6.31. The summed E-state index contributed by atoms with van der Waals surface area (Å²) >= 11 is 6.57. The van der Waals surface area contributed by atoms with Crippen LogP contribution in [0.25, 0.3) is 0 Å². The molecule has 27 heavy (non-hydrogen) atoms. The molecule has 1 aromatic heterocycles. The Morgan fingerprint density at radius 2 is 2.11 bits per heavy atom. The fourth-order valence-corrected chi connectivity index (χ4v) is 3.53. The van der Waals surface area contributed by atoms with Gasteiger partial charge in [-0.1, -0.05) is 17.7 Å². The Morgan fingerprint density at radius 3 is 2.78 bits per heavy atom. The molecule has 1 aromatic carbocycles. The standard InChI is InChI=1S/C19H24ClN5O2/c1-12-9-17(23-19(21)22-12)25-7-4-8-27-11-16(25)14-6-5-13(10-15(14)20)18(26)24(2)3/h5-6,9-10,16H,4,7-8,11H2,1-3H3,(H2,21,22,23). The number of hydrogen-bond donors (Lipinski definition) is 1. The van der Waals surface area contributed by atoms with Crippen molar-refractivity contribution in [1.29, 1.82) is 0 Å². The van der Waals surface area contributed by atoms with Gasteiger partial charge in [-0.05, 0) is 31.0 Å². The van der Waals surface area contributed by atoms with Gasteiger partial charge in [-0.15, -0.1) is 0 Å². The molecule has 1 aliphatic rings. The highest BCUT2D eigenvalue weighted by Gasteiger charge is 2.27. The lowest BCUT2D eigenvalue weighted by Gasteiger charge is -2.31. The molecule has 0 spiro atoms. The van der Waals surface area contributed by atoms with Gasteiger partial charge in [0, 0.05) is 49.6 Å². The molecule has 7 nitrogen and oxygen atoms in total. The lowest BCUT2D eigenvalue weighted by molar-refractivity contribution is 0.0827. The molecule has 0 saturated carbocycles. The molecule has 1 aliphatic heterocycles. The number of nitrogens with two attached hydrogens (primary N) is 1. The van der Waals surface area contributed by atoms with E-state index in [9.17, 15) is 4.79 Å². The number of amides is 1. The van der Waals surface area contributed by atoms with Gasteiger partial charge in [0.1, 0.15) is 5.82 Å². The van der Waals surface area contributed by atoms with Gasteiger partial charge in [0.25, 0.3) is 5.91 Å². The number of nitrogens with zero attached hydrogens (tertiary/aromatic N) is 4. The number of hydrogen-bond acceptors (Lipinski definition) is 6. The molecule has 1 fully saturated rings. The van der Waals surface area contributed by atoms with Crippen molar-refractivity contribution in [1.82, 2.24) is 14.9 Å². The largest absolute Gasteiger partial charge is 0.379 e. The second kappa shape index (κ2) is 8.10. The van der Waals surface area contributed by atoms with Crippen molar-refractivity contribution in [2.75, 3.05) is 44.5 Å². The van der Waals surface area contributed by atoms with Crippen molar-refractivity contribution in [3.05, 3.63) is 46.1 Å². The number of carbonyl (C=O) groups is 1. The van der Waals surface area contributed by atoms with Gasteiger partial charge < -0.3 is 20.3 Å². The number of carbonyl (C=O) groups excluding carboxylic acids is 1. The van der Waals surface area contributed by atoms with Gasteiger partial charge in [0.2, 0.25) is 5.95 Å². The summed E-state index contributed by atoms with van der Waals surface area (Å²) in [6, 6.07) is 7.18. The average Bonchev–Trinajstić information content (AvgIpc) is 2.86. The number of aromatic nitrogens is 2. The van der Waals surface area contributed by atoms with E-state index in [0.717, 1.165) is 30.0 Å². The third-order valence-corrected chi connectivity index (χ3v) is 4.83. The third-order valence-electron chi connectivity index (χ3n) is 4.50. The number of anilines is 2. The lowest BCUT2D eigenvalue weighted by Crippen LogP contribution is -2.32. The van der Waals surface area contributed by atoms with Crippen LogP contribution in [0.1, 0.15) is 34.1 Å². The number of nitrogen functional groups attached to an aromatic ring is 1. The summed E-state index contributed by atoms with van der Waals surface area (Å²) in [5.74, 6) is 0.906. The van der Waals surface area contributed by atoms with Crippen LogP contribution < -0.4 is 10.6 Å². The minimum Gasteiger partial charge on any atom is -0.379 e. The lowest BCUT2D eigenvalue weighted by atomic mass is 10.0. The van der Waals surface area contributed by atoms with Crippen LogP contribution >= 0.6 is 11.6 Å². The fraction of sp³-hybridized carbons (Fsp3) is 0.421. The number of aryl methyl sites for hydroxylation is 1. The summed E-state index contributed by atoms with van der Waals surface area (Å²) in [5.41, 5.74) is 8.10. The zero-order chi connectivity index (χ0) is 19.6. The Morgan fingerprint density at radius 1 is 1.33 bits per heavy atom. The van der Waals surface area contributed by atoms with E-state index in [4.69, 9.17) is 22.1 Å². The Bertz CT molecular complexity index is 823. The first-order valence-corrected chi connectivity index (χ1v) is 9.21. The second-order valence-corrected chi connectivity index (χ2v) is 7.21. The predicted molar refractivity (Wildman–Crippen MR) is 106 cm³/mol. The van der Waals surface area contributed by atoms with Gasteiger partial charge in [-0.2, -0.15) is 4.98 Å². The summed E-state index contributed by atoms with van der Waals surface area (Å²) in [5, 5.41) is 0.530. The third kappa shape index (κ3) is 4.31. The molecular weight excluding hydrogens is 366 g/mol. The van der Waals surface area contributed by atoms with E-state index in [1.54, 1.807) is 26.2 Å².